The average Bonchev–Trinajstić information content (AvgIpc) is 2.72. The summed E-state index contributed by atoms with van der Waals surface area (Å²) in [5.41, 5.74) is 0. The quantitative estimate of drug-likeness (QED) is 0.745. The lowest BCUT2D eigenvalue weighted by molar-refractivity contribution is -0.136. The van der Waals surface area contributed by atoms with E-state index in [9.17, 15) is 4.79 Å². The van der Waals surface area contributed by atoms with Gasteiger partial charge in [-0.05, 0) is 25.3 Å². The van der Waals surface area contributed by atoms with Gasteiger partial charge in [0.05, 0.1) is 6.61 Å². The minimum Gasteiger partial charge on any atom is -0.366 e. The van der Waals surface area contributed by atoms with E-state index in [1.54, 1.807) is 16.2 Å². The van der Waals surface area contributed by atoms with Gasteiger partial charge in [-0.15, -0.1) is 11.3 Å². The number of amides is 1. The normalized spacial score (nSPS) is 10.3. The number of carbonyl (C=O) groups is 1. The van der Waals surface area contributed by atoms with E-state index in [1.165, 1.54) is 0 Å². The Labute approximate surface area is 94.7 Å². The van der Waals surface area contributed by atoms with Gasteiger partial charge in [-0.2, -0.15) is 0 Å². The van der Waals surface area contributed by atoms with E-state index in [4.69, 9.17) is 4.74 Å². The summed E-state index contributed by atoms with van der Waals surface area (Å²) in [6.07, 6.45) is 0. The molecule has 0 unspecified atom stereocenters. The zero-order valence-electron chi connectivity index (χ0n) is 9.23. The molecule has 84 valence electrons. The number of thiophene rings is 1. The van der Waals surface area contributed by atoms with Crippen molar-refractivity contribution in [2.45, 2.75) is 20.5 Å². The third-order valence-corrected chi connectivity index (χ3v) is 3.02. The Balaban J connectivity index is 2.22. The summed E-state index contributed by atoms with van der Waals surface area (Å²) < 4.78 is 5.34. The zero-order valence-corrected chi connectivity index (χ0v) is 10.0. The number of hydrogen-bond donors (Lipinski definition) is 0. The molecule has 0 N–H and O–H groups in total. The Hall–Kier alpha value is -0.870. The first kappa shape index (κ1) is 12.2. The number of ether oxygens (including phenoxy) is 1. The molecule has 1 amide bonds. The van der Waals surface area contributed by atoms with E-state index in [-0.39, 0.29) is 12.5 Å². The van der Waals surface area contributed by atoms with Gasteiger partial charge in [0.2, 0.25) is 5.91 Å². The van der Waals surface area contributed by atoms with Crippen LogP contribution in [0.25, 0.3) is 0 Å². The largest absolute Gasteiger partial charge is 0.366 e. The molecule has 0 atom stereocenters. The van der Waals surface area contributed by atoms with Crippen molar-refractivity contribution in [3.63, 3.8) is 0 Å². The maximum absolute atomic E-state index is 11.5. The van der Waals surface area contributed by atoms with Gasteiger partial charge < -0.3 is 9.64 Å². The number of rotatable bonds is 6. The van der Waals surface area contributed by atoms with Crippen LogP contribution in [0.5, 0.6) is 0 Å². The Morgan fingerprint density at radius 1 is 1.47 bits per heavy atom. The highest BCUT2D eigenvalue weighted by atomic mass is 32.1. The molecule has 1 aromatic heterocycles. The summed E-state index contributed by atoms with van der Waals surface area (Å²) in [6.45, 7) is 6.15. The van der Waals surface area contributed by atoms with Crippen molar-refractivity contribution in [2.24, 2.45) is 0 Å². The molecular formula is C11H17NO2S. The molecule has 4 heteroatoms. The summed E-state index contributed by atoms with van der Waals surface area (Å²) in [5.74, 6) is 0.0663. The van der Waals surface area contributed by atoms with Crippen molar-refractivity contribution >= 4 is 17.2 Å². The highest BCUT2D eigenvalue weighted by molar-refractivity contribution is 7.09. The lowest BCUT2D eigenvalue weighted by atomic mass is 10.4. The second-order valence-corrected chi connectivity index (χ2v) is 4.17. The first-order valence-corrected chi connectivity index (χ1v) is 6.03. The van der Waals surface area contributed by atoms with Gasteiger partial charge in [-0.25, -0.2) is 0 Å². The Morgan fingerprint density at radius 3 is 2.73 bits per heavy atom. The van der Waals surface area contributed by atoms with Crippen LogP contribution >= 0.6 is 11.3 Å². The number of hydrogen-bond acceptors (Lipinski definition) is 3. The van der Waals surface area contributed by atoms with Gasteiger partial charge in [-0.1, -0.05) is 6.07 Å². The SMILES string of the molecule is CCN(CC)C(=O)COCc1cccs1. The third-order valence-electron chi connectivity index (χ3n) is 2.17. The van der Waals surface area contributed by atoms with E-state index in [0.717, 1.165) is 18.0 Å². The Kier molecular flexibility index (Phi) is 5.36. The predicted octanol–water partition coefficient (Wildman–Crippen LogP) is 2.13. The summed E-state index contributed by atoms with van der Waals surface area (Å²) in [6, 6.07) is 3.99. The van der Waals surface area contributed by atoms with Crippen LogP contribution in [0, 0.1) is 0 Å². The van der Waals surface area contributed by atoms with E-state index in [0.29, 0.717) is 6.61 Å². The van der Waals surface area contributed by atoms with Crippen molar-refractivity contribution in [3.05, 3.63) is 22.4 Å². The maximum atomic E-state index is 11.5. The zero-order chi connectivity index (χ0) is 11.1. The van der Waals surface area contributed by atoms with E-state index in [2.05, 4.69) is 0 Å². The van der Waals surface area contributed by atoms with Crippen LogP contribution in [0.2, 0.25) is 0 Å². The fourth-order valence-electron chi connectivity index (χ4n) is 1.30. The van der Waals surface area contributed by atoms with Crippen molar-refractivity contribution in [3.8, 4) is 0 Å². The molecule has 0 aliphatic carbocycles. The van der Waals surface area contributed by atoms with Crippen molar-refractivity contribution in [2.75, 3.05) is 19.7 Å². The monoisotopic (exact) mass is 227 g/mol. The van der Waals surface area contributed by atoms with Crippen LogP contribution in [0.4, 0.5) is 0 Å². The number of nitrogens with zero attached hydrogens (tertiary/aromatic N) is 1. The molecule has 0 aromatic carbocycles. The van der Waals surface area contributed by atoms with Gasteiger partial charge >= 0.3 is 0 Å². The highest BCUT2D eigenvalue weighted by Gasteiger charge is 2.08. The third kappa shape index (κ3) is 4.01. The minimum absolute atomic E-state index is 0.0663. The topological polar surface area (TPSA) is 29.5 Å². The average molecular weight is 227 g/mol. The Bertz CT molecular complexity index is 281. The molecule has 0 bridgehead atoms. The molecule has 0 fully saturated rings. The molecule has 1 rings (SSSR count). The maximum Gasteiger partial charge on any atom is 0.248 e. The summed E-state index contributed by atoms with van der Waals surface area (Å²) in [5, 5.41) is 2.00. The summed E-state index contributed by atoms with van der Waals surface area (Å²) in [4.78, 5) is 14.5. The highest BCUT2D eigenvalue weighted by Crippen LogP contribution is 2.09. The predicted molar refractivity (Wildman–Crippen MR) is 61.9 cm³/mol. The van der Waals surface area contributed by atoms with Crippen LogP contribution in [-0.4, -0.2) is 30.5 Å². The molecule has 0 saturated heterocycles. The molecule has 3 nitrogen and oxygen atoms in total. The van der Waals surface area contributed by atoms with Crippen molar-refractivity contribution < 1.29 is 9.53 Å². The van der Waals surface area contributed by atoms with Gasteiger partial charge in [0, 0.05) is 18.0 Å². The van der Waals surface area contributed by atoms with Gasteiger partial charge in [0.25, 0.3) is 0 Å². The second-order valence-electron chi connectivity index (χ2n) is 3.14. The van der Waals surface area contributed by atoms with Gasteiger partial charge in [0.15, 0.2) is 0 Å². The molecule has 0 saturated carbocycles. The van der Waals surface area contributed by atoms with Crippen molar-refractivity contribution in [1.82, 2.24) is 4.90 Å². The van der Waals surface area contributed by atoms with E-state index in [1.807, 2.05) is 31.4 Å². The minimum atomic E-state index is 0.0663. The van der Waals surface area contributed by atoms with E-state index >= 15 is 0 Å². The molecule has 1 heterocycles. The molecular weight excluding hydrogens is 210 g/mol. The first-order valence-electron chi connectivity index (χ1n) is 5.15. The molecule has 0 aliphatic rings. The molecule has 0 spiro atoms. The second kappa shape index (κ2) is 6.58. The fraction of sp³-hybridized carbons (Fsp3) is 0.545. The first-order chi connectivity index (χ1) is 7.27. The van der Waals surface area contributed by atoms with Crippen LogP contribution in [0.3, 0.4) is 0 Å². The number of likely N-dealkylation sites (N-methyl/N-ethyl adjacent to an activating group) is 1. The molecule has 0 radical (unpaired) electrons. The van der Waals surface area contributed by atoms with Crippen LogP contribution in [0.15, 0.2) is 17.5 Å². The number of carbonyl (C=O) groups excluding carboxylic acids is 1. The van der Waals surface area contributed by atoms with E-state index < -0.39 is 0 Å². The smallest absolute Gasteiger partial charge is 0.248 e. The molecule has 1 aromatic rings. The standard InChI is InChI=1S/C11H17NO2S/c1-3-12(4-2)11(13)9-14-8-10-6-5-7-15-10/h5-7H,3-4,8-9H2,1-2H3. The summed E-state index contributed by atoms with van der Waals surface area (Å²) in [7, 11) is 0. The van der Waals surface area contributed by atoms with Crippen molar-refractivity contribution in [1.29, 1.82) is 0 Å². The molecule has 0 aliphatic heterocycles. The summed E-state index contributed by atoms with van der Waals surface area (Å²) >= 11 is 1.64. The van der Waals surface area contributed by atoms with Gasteiger partial charge in [-0.3, -0.25) is 4.79 Å². The fourth-order valence-corrected chi connectivity index (χ4v) is 1.94. The van der Waals surface area contributed by atoms with Crippen LogP contribution in [0.1, 0.15) is 18.7 Å². The van der Waals surface area contributed by atoms with Crippen LogP contribution in [-0.2, 0) is 16.1 Å². The lowest BCUT2D eigenvalue weighted by Crippen LogP contribution is -2.33. The van der Waals surface area contributed by atoms with Gasteiger partial charge in [0.1, 0.15) is 6.61 Å². The lowest BCUT2D eigenvalue weighted by Gasteiger charge is -2.18. The Morgan fingerprint density at radius 2 is 2.20 bits per heavy atom. The van der Waals surface area contributed by atoms with Crippen LogP contribution < -0.4 is 0 Å². The molecule has 15 heavy (non-hydrogen) atoms.